The minimum absolute atomic E-state index is 0.155. The maximum atomic E-state index is 14.1. The molecular weight excluding hydrogens is 466 g/mol. The minimum Gasteiger partial charge on any atom is -0.394 e. The number of rotatable bonds is 6. The molecule has 1 atom stereocenters. The Morgan fingerprint density at radius 3 is 2.47 bits per heavy atom. The summed E-state index contributed by atoms with van der Waals surface area (Å²) in [6, 6.07) is 16.4. The van der Waals surface area contributed by atoms with Gasteiger partial charge in [0.15, 0.2) is 11.6 Å². The summed E-state index contributed by atoms with van der Waals surface area (Å²) in [6.07, 6.45) is 3.03. The lowest BCUT2D eigenvalue weighted by atomic mass is 9.93. The molecule has 5 rings (SSSR count). The number of fused-ring (bicyclic) bond motifs is 1. The monoisotopic (exact) mass is 486 g/mol. The number of carbonyl (C=O) groups is 2. The number of anilines is 1. The molecule has 9 heteroatoms. The van der Waals surface area contributed by atoms with Crippen LogP contribution in [0.15, 0.2) is 79.1 Å². The molecule has 180 valence electrons. The molecule has 0 spiro atoms. The fourth-order valence-electron chi connectivity index (χ4n) is 4.17. The van der Waals surface area contributed by atoms with Crippen LogP contribution in [0, 0.1) is 11.6 Å². The van der Waals surface area contributed by atoms with Crippen LogP contribution < -0.4 is 10.6 Å². The number of hydrogen-bond donors (Lipinski definition) is 4. The van der Waals surface area contributed by atoms with Gasteiger partial charge in [-0.05, 0) is 41.5 Å². The molecule has 4 N–H and O–H groups in total. The number of imidazole rings is 1. The number of hydrogen-bond acceptors (Lipinski definition) is 4. The molecule has 1 aliphatic heterocycles. The number of aliphatic hydroxyl groups excluding tert-OH is 1. The van der Waals surface area contributed by atoms with Crippen LogP contribution in [0.5, 0.6) is 0 Å². The molecule has 4 aromatic rings. The number of nitrogens with one attached hydrogen (secondary N) is 3. The van der Waals surface area contributed by atoms with Crippen molar-refractivity contribution in [2.45, 2.75) is 6.04 Å². The lowest BCUT2D eigenvalue weighted by Gasteiger charge is -2.17. The first kappa shape index (κ1) is 23.1. The van der Waals surface area contributed by atoms with E-state index in [0.29, 0.717) is 11.3 Å². The van der Waals surface area contributed by atoms with Crippen molar-refractivity contribution in [2.24, 2.45) is 0 Å². The van der Waals surface area contributed by atoms with Crippen LogP contribution in [0.2, 0.25) is 0 Å². The highest BCUT2D eigenvalue weighted by Crippen LogP contribution is 2.40. The van der Waals surface area contributed by atoms with Crippen molar-refractivity contribution in [3.63, 3.8) is 0 Å². The summed E-state index contributed by atoms with van der Waals surface area (Å²) in [5.74, 6) is -2.74. The minimum atomic E-state index is -1.07. The first-order valence-electron chi connectivity index (χ1n) is 11.1. The van der Waals surface area contributed by atoms with Crippen LogP contribution in [-0.2, 0) is 4.79 Å². The van der Waals surface area contributed by atoms with Gasteiger partial charge in [0, 0.05) is 34.8 Å². The predicted molar refractivity (Wildman–Crippen MR) is 130 cm³/mol. The zero-order valence-corrected chi connectivity index (χ0v) is 18.8. The van der Waals surface area contributed by atoms with E-state index in [-0.39, 0.29) is 34.7 Å². The Morgan fingerprint density at radius 2 is 1.78 bits per heavy atom. The van der Waals surface area contributed by atoms with Gasteiger partial charge in [-0.3, -0.25) is 9.59 Å². The molecule has 3 aromatic carbocycles. The standard InChI is InChI=1S/C27H20F2N4O3/c28-19-8-6-16(13-20(19)29)23(25-30-10-11-31-25)24-18-12-17(7-9-21(18)32-27(24)36)26(35)33-22(14-34)15-4-2-1-3-5-15/h1-13,22,34H,14H2,(H,30,31)(H,32,36)(H,33,35)/b24-23-/t22-/m1/s1. The van der Waals surface area contributed by atoms with Crippen molar-refractivity contribution in [3.05, 3.63) is 119 Å². The van der Waals surface area contributed by atoms with Crippen molar-refractivity contribution < 1.29 is 23.5 Å². The molecule has 0 fully saturated rings. The molecule has 7 nitrogen and oxygen atoms in total. The lowest BCUT2D eigenvalue weighted by molar-refractivity contribution is -0.110. The number of aliphatic hydroxyl groups is 1. The molecule has 0 aliphatic carbocycles. The van der Waals surface area contributed by atoms with E-state index in [2.05, 4.69) is 20.6 Å². The van der Waals surface area contributed by atoms with Crippen LogP contribution in [0.1, 0.15) is 38.9 Å². The second-order valence-corrected chi connectivity index (χ2v) is 8.15. The summed E-state index contributed by atoms with van der Waals surface area (Å²) in [5, 5.41) is 15.4. The number of halogens is 2. The van der Waals surface area contributed by atoms with Gasteiger partial charge in [0.25, 0.3) is 11.8 Å². The molecule has 0 saturated heterocycles. The van der Waals surface area contributed by atoms with E-state index in [9.17, 15) is 23.5 Å². The fourth-order valence-corrected chi connectivity index (χ4v) is 4.17. The summed E-state index contributed by atoms with van der Waals surface area (Å²) in [7, 11) is 0. The largest absolute Gasteiger partial charge is 0.394 e. The van der Waals surface area contributed by atoms with E-state index < -0.39 is 29.5 Å². The predicted octanol–water partition coefficient (Wildman–Crippen LogP) is 4.06. The van der Waals surface area contributed by atoms with Crippen molar-refractivity contribution in [1.29, 1.82) is 0 Å². The summed E-state index contributed by atoms with van der Waals surface area (Å²) in [5.41, 5.74) is 2.50. The summed E-state index contributed by atoms with van der Waals surface area (Å²) in [6.45, 7) is -0.301. The third-order valence-corrected chi connectivity index (χ3v) is 5.91. The molecule has 0 saturated carbocycles. The molecule has 0 unspecified atom stereocenters. The molecule has 1 aliphatic rings. The highest BCUT2D eigenvalue weighted by molar-refractivity contribution is 6.38. The highest BCUT2D eigenvalue weighted by Gasteiger charge is 2.31. The third-order valence-electron chi connectivity index (χ3n) is 5.91. The van der Waals surface area contributed by atoms with Crippen LogP contribution in [0.25, 0.3) is 11.1 Å². The van der Waals surface area contributed by atoms with Crippen LogP contribution in [0.3, 0.4) is 0 Å². The van der Waals surface area contributed by atoms with E-state index >= 15 is 0 Å². The van der Waals surface area contributed by atoms with Crippen LogP contribution in [-0.4, -0.2) is 33.5 Å². The van der Waals surface area contributed by atoms with Crippen molar-refractivity contribution in [3.8, 4) is 0 Å². The molecule has 0 bridgehead atoms. The molecule has 1 aromatic heterocycles. The van der Waals surface area contributed by atoms with Crippen molar-refractivity contribution in [1.82, 2.24) is 15.3 Å². The van der Waals surface area contributed by atoms with Gasteiger partial charge >= 0.3 is 0 Å². The Balaban J connectivity index is 1.59. The van der Waals surface area contributed by atoms with Gasteiger partial charge in [0.05, 0.1) is 18.2 Å². The van der Waals surface area contributed by atoms with Gasteiger partial charge in [0.1, 0.15) is 5.82 Å². The molecule has 2 amide bonds. The number of benzene rings is 3. The average molecular weight is 486 g/mol. The first-order chi connectivity index (χ1) is 17.5. The zero-order valence-electron chi connectivity index (χ0n) is 18.8. The number of aromatic nitrogens is 2. The number of aromatic amines is 1. The van der Waals surface area contributed by atoms with E-state index in [4.69, 9.17) is 0 Å². The van der Waals surface area contributed by atoms with Gasteiger partial charge < -0.3 is 20.7 Å². The summed E-state index contributed by atoms with van der Waals surface area (Å²) in [4.78, 5) is 33.3. The van der Waals surface area contributed by atoms with Crippen molar-refractivity contribution in [2.75, 3.05) is 11.9 Å². The van der Waals surface area contributed by atoms with Gasteiger partial charge in [0.2, 0.25) is 0 Å². The van der Waals surface area contributed by atoms with E-state index in [1.165, 1.54) is 12.3 Å². The third kappa shape index (κ3) is 4.27. The van der Waals surface area contributed by atoms with E-state index in [0.717, 1.165) is 17.7 Å². The van der Waals surface area contributed by atoms with Gasteiger partial charge in [-0.25, -0.2) is 13.8 Å². The Bertz CT molecular complexity index is 1480. The Hall–Kier alpha value is -4.63. The Labute approximate surface area is 204 Å². The summed E-state index contributed by atoms with van der Waals surface area (Å²) < 4.78 is 27.8. The number of H-pyrrole nitrogens is 1. The number of nitrogens with zero attached hydrogens (tertiary/aromatic N) is 1. The fraction of sp³-hybridized carbons (Fsp3) is 0.0741. The van der Waals surface area contributed by atoms with E-state index in [1.807, 2.05) is 18.2 Å². The molecule has 0 radical (unpaired) electrons. The summed E-state index contributed by atoms with van der Waals surface area (Å²) >= 11 is 0. The van der Waals surface area contributed by atoms with Crippen LogP contribution in [0.4, 0.5) is 14.5 Å². The Morgan fingerprint density at radius 1 is 1.00 bits per heavy atom. The molecule has 36 heavy (non-hydrogen) atoms. The van der Waals surface area contributed by atoms with Crippen LogP contribution >= 0.6 is 0 Å². The SMILES string of the molecule is O=C1Nc2ccc(C(=O)N[C@H](CO)c3ccccc3)cc2/C1=C(\c1ccc(F)c(F)c1)c1ncc[nH]1. The second-order valence-electron chi connectivity index (χ2n) is 8.15. The zero-order chi connectivity index (χ0) is 25.2. The number of carbonyl (C=O) groups excluding carboxylic acids is 2. The molecule has 2 heterocycles. The quantitative estimate of drug-likeness (QED) is 0.308. The lowest BCUT2D eigenvalue weighted by Crippen LogP contribution is -2.30. The maximum absolute atomic E-state index is 14.1. The Kier molecular flexibility index (Phi) is 6.14. The van der Waals surface area contributed by atoms with Gasteiger partial charge in [-0.2, -0.15) is 0 Å². The van der Waals surface area contributed by atoms with E-state index in [1.54, 1.807) is 36.5 Å². The maximum Gasteiger partial charge on any atom is 0.257 e. The second kappa shape index (κ2) is 9.55. The van der Waals surface area contributed by atoms with Gasteiger partial charge in [-0.15, -0.1) is 0 Å². The average Bonchev–Trinajstić information content (AvgIpc) is 3.53. The topological polar surface area (TPSA) is 107 Å². The van der Waals surface area contributed by atoms with Gasteiger partial charge in [-0.1, -0.05) is 36.4 Å². The number of amides is 2. The first-order valence-corrected chi connectivity index (χ1v) is 11.1. The highest BCUT2D eigenvalue weighted by atomic mass is 19.2. The van der Waals surface area contributed by atoms with Crippen molar-refractivity contribution >= 4 is 28.6 Å². The smallest absolute Gasteiger partial charge is 0.257 e. The normalized spacial score (nSPS) is 14.7. The molecular formula is C27H20F2N4O3.